The van der Waals surface area contributed by atoms with Crippen LogP contribution in [0.4, 0.5) is 0 Å². The van der Waals surface area contributed by atoms with Gasteiger partial charge in [0.05, 0.1) is 36.6 Å². The molecule has 1 aliphatic carbocycles. The van der Waals surface area contributed by atoms with Crippen LogP contribution in [0, 0.1) is 23.7 Å². The Balaban J connectivity index is 1.33. The predicted molar refractivity (Wildman–Crippen MR) is 87.3 cm³/mol. The molecule has 1 aromatic rings. The Bertz CT molecular complexity index is 731. The minimum absolute atomic E-state index is 0.0775. The van der Waals surface area contributed by atoms with Gasteiger partial charge in [-0.25, -0.2) is 0 Å². The third kappa shape index (κ3) is 2.86. The van der Waals surface area contributed by atoms with E-state index in [0.29, 0.717) is 6.42 Å². The molecule has 7 nitrogen and oxygen atoms in total. The second kappa shape index (κ2) is 6.39. The standard InChI is InChI=1S/C19H20O7/c20-17(21)14-13-6-10(16(26-13)15(14)18(22)23)8-25-19(24)12-7-11(12)9-4-2-1-3-5-9/h1-5,10-16H,6-8H2,(H,20,21)(H,22,23)/t10-,11+,12?,13?,14?,15?,16-/m1/s1. The van der Waals surface area contributed by atoms with Crippen molar-refractivity contribution < 1.29 is 34.1 Å². The molecule has 4 unspecified atom stereocenters. The van der Waals surface area contributed by atoms with E-state index >= 15 is 0 Å². The number of esters is 1. The fourth-order valence-corrected chi connectivity index (χ4v) is 4.44. The topological polar surface area (TPSA) is 110 Å². The van der Waals surface area contributed by atoms with E-state index in [1.807, 2.05) is 30.3 Å². The van der Waals surface area contributed by atoms with Crippen molar-refractivity contribution in [2.45, 2.75) is 31.0 Å². The average molecular weight is 360 g/mol. The average Bonchev–Trinajstić information content (AvgIpc) is 3.20. The quantitative estimate of drug-likeness (QED) is 0.740. The van der Waals surface area contributed by atoms with Crippen molar-refractivity contribution in [3.8, 4) is 0 Å². The van der Waals surface area contributed by atoms with Crippen LogP contribution in [0.25, 0.3) is 0 Å². The van der Waals surface area contributed by atoms with Gasteiger partial charge in [0.2, 0.25) is 0 Å². The lowest BCUT2D eigenvalue weighted by atomic mass is 9.74. The van der Waals surface area contributed by atoms with Gasteiger partial charge in [0, 0.05) is 5.92 Å². The van der Waals surface area contributed by atoms with E-state index in [9.17, 15) is 24.6 Å². The number of aliphatic carboxylic acids is 2. The maximum Gasteiger partial charge on any atom is 0.310 e. The largest absolute Gasteiger partial charge is 0.481 e. The van der Waals surface area contributed by atoms with E-state index in [1.54, 1.807) is 0 Å². The van der Waals surface area contributed by atoms with Gasteiger partial charge in [0.1, 0.15) is 0 Å². The van der Waals surface area contributed by atoms with Crippen LogP contribution in [0.5, 0.6) is 0 Å². The normalized spacial score (nSPS) is 37.3. The Morgan fingerprint density at radius 3 is 2.38 bits per heavy atom. The van der Waals surface area contributed by atoms with E-state index in [1.165, 1.54) is 0 Å². The van der Waals surface area contributed by atoms with Gasteiger partial charge < -0.3 is 19.7 Å². The van der Waals surface area contributed by atoms with Gasteiger partial charge in [-0.3, -0.25) is 14.4 Å². The zero-order valence-electron chi connectivity index (χ0n) is 14.0. The van der Waals surface area contributed by atoms with Crippen LogP contribution in [0.15, 0.2) is 30.3 Å². The Morgan fingerprint density at radius 1 is 1.04 bits per heavy atom. The fraction of sp³-hybridized carbons (Fsp3) is 0.526. The van der Waals surface area contributed by atoms with Gasteiger partial charge >= 0.3 is 17.9 Å². The van der Waals surface area contributed by atoms with Crippen LogP contribution < -0.4 is 0 Å². The summed E-state index contributed by atoms with van der Waals surface area (Å²) in [5, 5.41) is 18.6. The summed E-state index contributed by atoms with van der Waals surface area (Å²) in [6.45, 7) is 0.0775. The summed E-state index contributed by atoms with van der Waals surface area (Å²) in [6, 6.07) is 9.79. The summed E-state index contributed by atoms with van der Waals surface area (Å²) in [6.07, 6.45) is -0.170. The number of benzene rings is 1. The van der Waals surface area contributed by atoms with Crippen LogP contribution in [0.1, 0.15) is 24.3 Å². The Labute approximate surface area is 149 Å². The van der Waals surface area contributed by atoms with Gasteiger partial charge in [-0.15, -0.1) is 0 Å². The number of carbonyl (C=O) groups is 3. The molecular formula is C19H20O7. The molecule has 138 valence electrons. The zero-order valence-corrected chi connectivity index (χ0v) is 14.0. The first kappa shape index (κ1) is 17.0. The van der Waals surface area contributed by atoms with E-state index in [2.05, 4.69) is 0 Å². The first-order valence-electron chi connectivity index (χ1n) is 8.80. The van der Waals surface area contributed by atoms with Crippen molar-refractivity contribution in [2.24, 2.45) is 23.7 Å². The van der Waals surface area contributed by atoms with E-state index in [4.69, 9.17) is 9.47 Å². The van der Waals surface area contributed by atoms with Crippen LogP contribution in [-0.4, -0.2) is 46.9 Å². The lowest BCUT2D eigenvalue weighted by Crippen LogP contribution is -2.43. The molecular weight excluding hydrogens is 340 g/mol. The van der Waals surface area contributed by atoms with E-state index in [-0.39, 0.29) is 30.3 Å². The Morgan fingerprint density at radius 2 is 1.73 bits per heavy atom. The number of ether oxygens (including phenoxy) is 2. The van der Waals surface area contributed by atoms with Gasteiger partial charge in [0.25, 0.3) is 0 Å². The molecule has 7 atom stereocenters. The van der Waals surface area contributed by atoms with Crippen molar-refractivity contribution in [1.82, 2.24) is 0 Å². The third-order valence-electron chi connectivity index (χ3n) is 5.80. The van der Waals surface area contributed by atoms with Crippen molar-refractivity contribution in [1.29, 1.82) is 0 Å². The maximum atomic E-state index is 12.3. The summed E-state index contributed by atoms with van der Waals surface area (Å²) in [4.78, 5) is 35.0. The van der Waals surface area contributed by atoms with Crippen molar-refractivity contribution in [2.75, 3.05) is 6.61 Å². The number of rotatable bonds is 6. The van der Waals surface area contributed by atoms with Crippen molar-refractivity contribution >= 4 is 17.9 Å². The highest BCUT2D eigenvalue weighted by Crippen LogP contribution is 2.49. The SMILES string of the molecule is O=C(O)C1C2C[C@H](COC(=O)C3C[C@H]3c3ccccc3)[C@@H](O2)C1C(=O)O. The molecule has 7 heteroatoms. The molecule has 2 bridgehead atoms. The van der Waals surface area contributed by atoms with Gasteiger partial charge in [0.15, 0.2) is 0 Å². The summed E-state index contributed by atoms with van der Waals surface area (Å²) in [5.74, 6) is -4.96. The number of hydrogen-bond donors (Lipinski definition) is 2. The second-order valence-corrected chi connectivity index (χ2v) is 7.35. The maximum absolute atomic E-state index is 12.3. The summed E-state index contributed by atoms with van der Waals surface area (Å²) in [7, 11) is 0. The fourth-order valence-electron chi connectivity index (χ4n) is 4.44. The molecule has 2 saturated heterocycles. The molecule has 26 heavy (non-hydrogen) atoms. The monoisotopic (exact) mass is 360 g/mol. The molecule has 3 fully saturated rings. The summed E-state index contributed by atoms with van der Waals surface area (Å²) in [5.41, 5.74) is 1.12. The van der Waals surface area contributed by atoms with E-state index in [0.717, 1.165) is 12.0 Å². The Kier molecular flexibility index (Phi) is 4.19. The summed E-state index contributed by atoms with van der Waals surface area (Å²) < 4.78 is 11.0. The van der Waals surface area contributed by atoms with Crippen molar-refractivity contribution in [3.05, 3.63) is 35.9 Å². The number of carboxylic acids is 2. The van der Waals surface area contributed by atoms with Crippen LogP contribution in [-0.2, 0) is 23.9 Å². The molecule has 2 heterocycles. The molecule has 0 spiro atoms. The molecule has 1 aromatic carbocycles. The first-order valence-corrected chi connectivity index (χ1v) is 8.80. The molecule has 3 aliphatic rings. The lowest BCUT2D eigenvalue weighted by Gasteiger charge is -2.27. The first-order chi connectivity index (χ1) is 12.5. The van der Waals surface area contributed by atoms with Gasteiger partial charge in [-0.05, 0) is 24.3 Å². The predicted octanol–water partition coefficient (Wildman–Crippen LogP) is 1.52. The molecule has 0 radical (unpaired) electrons. The second-order valence-electron chi connectivity index (χ2n) is 7.35. The number of hydrogen-bond acceptors (Lipinski definition) is 5. The van der Waals surface area contributed by atoms with Gasteiger partial charge in [-0.2, -0.15) is 0 Å². The number of carboxylic acid groups (broad SMARTS) is 2. The molecule has 4 rings (SSSR count). The van der Waals surface area contributed by atoms with Gasteiger partial charge in [-0.1, -0.05) is 30.3 Å². The minimum atomic E-state index is -1.17. The zero-order chi connectivity index (χ0) is 18.4. The third-order valence-corrected chi connectivity index (χ3v) is 5.80. The van der Waals surface area contributed by atoms with E-state index < -0.39 is 36.0 Å². The molecule has 2 aliphatic heterocycles. The van der Waals surface area contributed by atoms with Crippen LogP contribution in [0.3, 0.4) is 0 Å². The highest BCUT2D eigenvalue weighted by molar-refractivity contribution is 5.82. The highest BCUT2D eigenvalue weighted by atomic mass is 16.5. The molecule has 2 N–H and O–H groups in total. The number of carbonyl (C=O) groups excluding carboxylic acids is 1. The molecule has 0 aromatic heterocycles. The smallest absolute Gasteiger partial charge is 0.310 e. The minimum Gasteiger partial charge on any atom is -0.481 e. The number of fused-ring (bicyclic) bond motifs is 2. The van der Waals surface area contributed by atoms with Crippen LogP contribution >= 0.6 is 0 Å². The molecule has 0 amide bonds. The van der Waals surface area contributed by atoms with Crippen LogP contribution in [0.2, 0.25) is 0 Å². The summed E-state index contributed by atoms with van der Waals surface area (Å²) >= 11 is 0. The Hall–Kier alpha value is -2.41. The lowest BCUT2D eigenvalue weighted by molar-refractivity contribution is -0.156. The highest BCUT2D eigenvalue weighted by Gasteiger charge is 2.60. The molecule has 1 saturated carbocycles. The van der Waals surface area contributed by atoms with Crippen molar-refractivity contribution in [3.63, 3.8) is 0 Å².